The van der Waals surface area contributed by atoms with Crippen LogP contribution in [0.4, 0.5) is 5.69 Å². The molecule has 2 aromatic heterocycles. The van der Waals surface area contributed by atoms with E-state index in [1.165, 1.54) is 13.1 Å². The fourth-order valence-corrected chi connectivity index (χ4v) is 5.47. The molecule has 0 atom stereocenters. The van der Waals surface area contributed by atoms with Gasteiger partial charge in [-0.05, 0) is 41.8 Å². The second kappa shape index (κ2) is 8.19. The molecule has 0 fully saturated rings. The molecule has 2 heterocycles. The summed E-state index contributed by atoms with van der Waals surface area (Å²) in [5.41, 5.74) is 2.76. The normalized spacial score (nSPS) is 11.8. The largest absolute Gasteiger partial charge is 0.338 e. The lowest BCUT2D eigenvalue weighted by Crippen LogP contribution is -2.34. The number of nitrogens with one attached hydrogen (secondary N) is 2. The topological polar surface area (TPSA) is 95.2 Å². The summed E-state index contributed by atoms with van der Waals surface area (Å²) in [7, 11) is -2.31. The summed E-state index contributed by atoms with van der Waals surface area (Å²) in [6.07, 6.45) is 0. The molecule has 0 aliphatic rings. The Labute approximate surface area is 182 Å². The predicted octanol–water partition coefficient (Wildman–Crippen LogP) is 4.20. The molecule has 2 aromatic carbocycles. The van der Waals surface area contributed by atoms with Crippen LogP contribution in [0.1, 0.15) is 0 Å². The molecule has 10 heteroatoms. The van der Waals surface area contributed by atoms with Crippen LogP contribution >= 0.6 is 22.9 Å². The number of hydrogen-bond acceptors (Lipinski definition) is 5. The smallest absolute Gasteiger partial charge is 0.252 e. The van der Waals surface area contributed by atoms with Gasteiger partial charge in [-0.2, -0.15) is 4.31 Å². The highest BCUT2D eigenvalue weighted by atomic mass is 35.5. The molecule has 4 rings (SSSR count). The van der Waals surface area contributed by atoms with Crippen molar-refractivity contribution >= 4 is 55.6 Å². The number of fused-ring (bicyclic) bond motifs is 1. The summed E-state index contributed by atoms with van der Waals surface area (Å²) in [6.45, 7) is -0.299. The summed E-state index contributed by atoms with van der Waals surface area (Å²) in [4.78, 5) is 20.1. The molecule has 0 saturated heterocycles. The van der Waals surface area contributed by atoms with Crippen molar-refractivity contribution in [2.45, 2.75) is 4.21 Å². The fraction of sp³-hybridized carbons (Fsp3) is 0.100. The van der Waals surface area contributed by atoms with Crippen molar-refractivity contribution in [2.75, 3.05) is 18.9 Å². The van der Waals surface area contributed by atoms with Crippen molar-refractivity contribution in [2.24, 2.45) is 0 Å². The van der Waals surface area contributed by atoms with Gasteiger partial charge in [0.15, 0.2) is 0 Å². The summed E-state index contributed by atoms with van der Waals surface area (Å²) in [6, 6.07) is 15.8. The average molecular weight is 461 g/mol. The van der Waals surface area contributed by atoms with Crippen LogP contribution in [0.25, 0.3) is 22.4 Å². The number of hydrogen-bond donors (Lipinski definition) is 2. The number of aromatic amines is 1. The molecular weight excluding hydrogens is 444 g/mol. The molecular formula is C20H17ClN4O3S2. The number of likely N-dealkylation sites (N-methyl/N-ethyl adjacent to an activating group) is 1. The van der Waals surface area contributed by atoms with Crippen LogP contribution in [0.15, 0.2) is 64.2 Å². The summed E-state index contributed by atoms with van der Waals surface area (Å²) < 4.78 is 26.1. The fourth-order valence-electron chi connectivity index (χ4n) is 2.92. The average Bonchev–Trinajstić information content (AvgIpc) is 3.38. The highest BCUT2D eigenvalue weighted by molar-refractivity contribution is 7.91. The van der Waals surface area contributed by atoms with E-state index < -0.39 is 15.9 Å². The Morgan fingerprint density at radius 1 is 1.20 bits per heavy atom. The number of carbonyl (C=O) groups excluding carboxylic acids is 1. The van der Waals surface area contributed by atoms with E-state index in [9.17, 15) is 13.2 Å². The van der Waals surface area contributed by atoms with E-state index in [2.05, 4.69) is 15.3 Å². The van der Waals surface area contributed by atoms with E-state index in [0.29, 0.717) is 16.5 Å². The first-order valence-corrected chi connectivity index (χ1v) is 11.6. The van der Waals surface area contributed by atoms with Gasteiger partial charge in [0.1, 0.15) is 10.0 Å². The third kappa shape index (κ3) is 4.10. The number of rotatable bonds is 6. The van der Waals surface area contributed by atoms with Gasteiger partial charge in [0.25, 0.3) is 10.0 Å². The Morgan fingerprint density at radius 2 is 2.00 bits per heavy atom. The van der Waals surface area contributed by atoms with Gasteiger partial charge >= 0.3 is 0 Å². The molecule has 0 saturated carbocycles. The number of H-pyrrole nitrogens is 1. The van der Waals surface area contributed by atoms with Gasteiger partial charge in [-0.1, -0.05) is 29.8 Å². The first-order valence-electron chi connectivity index (χ1n) is 8.89. The number of imidazole rings is 1. The molecule has 0 radical (unpaired) electrons. The minimum Gasteiger partial charge on any atom is -0.338 e. The number of nitrogens with zero attached hydrogens (tertiary/aromatic N) is 2. The van der Waals surface area contributed by atoms with E-state index in [-0.39, 0.29) is 10.8 Å². The highest BCUT2D eigenvalue weighted by Crippen LogP contribution is 2.28. The number of halogens is 1. The third-order valence-corrected chi connectivity index (χ3v) is 7.93. The van der Waals surface area contributed by atoms with Crippen LogP contribution in [0.5, 0.6) is 0 Å². The quantitative estimate of drug-likeness (QED) is 0.450. The zero-order chi connectivity index (χ0) is 21.3. The molecule has 2 N–H and O–H groups in total. The minimum absolute atomic E-state index is 0.198. The first kappa shape index (κ1) is 20.5. The molecule has 30 heavy (non-hydrogen) atoms. The molecule has 0 spiro atoms. The number of anilines is 1. The number of sulfonamides is 1. The molecule has 0 unspecified atom stereocenters. The van der Waals surface area contributed by atoms with E-state index in [4.69, 9.17) is 11.6 Å². The van der Waals surface area contributed by atoms with Crippen molar-refractivity contribution in [3.63, 3.8) is 0 Å². The van der Waals surface area contributed by atoms with Crippen molar-refractivity contribution in [3.8, 4) is 11.4 Å². The second-order valence-corrected chi connectivity index (χ2v) is 10.2. The number of carbonyl (C=O) groups is 1. The van der Waals surface area contributed by atoms with E-state index in [0.717, 1.165) is 32.2 Å². The van der Waals surface area contributed by atoms with Gasteiger partial charge in [0.2, 0.25) is 5.91 Å². The maximum atomic E-state index is 12.5. The van der Waals surface area contributed by atoms with Crippen LogP contribution in [-0.4, -0.2) is 42.2 Å². The molecule has 4 aromatic rings. The Morgan fingerprint density at radius 3 is 2.73 bits per heavy atom. The lowest BCUT2D eigenvalue weighted by molar-refractivity contribution is -0.116. The second-order valence-electron chi connectivity index (χ2n) is 6.54. The van der Waals surface area contributed by atoms with Gasteiger partial charge in [-0.15, -0.1) is 11.3 Å². The number of amides is 1. The Bertz CT molecular complexity index is 1320. The lowest BCUT2D eigenvalue weighted by atomic mass is 10.2. The van der Waals surface area contributed by atoms with E-state index in [1.54, 1.807) is 35.7 Å². The van der Waals surface area contributed by atoms with Crippen LogP contribution in [0, 0.1) is 0 Å². The van der Waals surface area contributed by atoms with Crippen LogP contribution < -0.4 is 5.32 Å². The van der Waals surface area contributed by atoms with Gasteiger partial charge in [0, 0.05) is 18.3 Å². The van der Waals surface area contributed by atoms with E-state index >= 15 is 0 Å². The Hall–Kier alpha value is -2.72. The SMILES string of the molecule is CN(CC(=O)Nc1ccc2nc(-c3ccccc3Cl)[nH]c2c1)S(=O)(=O)c1cccs1. The Kier molecular flexibility index (Phi) is 5.61. The standard InChI is InChI=1S/C20H17ClN4O3S2/c1-25(30(27,28)19-7-4-10-29-19)12-18(26)22-13-8-9-16-17(11-13)24-20(23-16)14-5-2-3-6-15(14)21/h2-11H,12H2,1H3,(H,22,26)(H,23,24). The van der Waals surface area contributed by atoms with Gasteiger partial charge in [0.05, 0.1) is 22.6 Å². The maximum absolute atomic E-state index is 12.5. The van der Waals surface area contributed by atoms with Crippen LogP contribution in [0.2, 0.25) is 5.02 Å². The van der Waals surface area contributed by atoms with Gasteiger partial charge in [-0.3, -0.25) is 4.79 Å². The van der Waals surface area contributed by atoms with Gasteiger partial charge in [-0.25, -0.2) is 13.4 Å². The van der Waals surface area contributed by atoms with Crippen molar-refractivity contribution in [1.82, 2.24) is 14.3 Å². The number of thiophene rings is 1. The molecule has 0 aliphatic heterocycles. The zero-order valence-electron chi connectivity index (χ0n) is 15.8. The molecule has 1 amide bonds. The zero-order valence-corrected chi connectivity index (χ0v) is 18.2. The number of aromatic nitrogens is 2. The van der Waals surface area contributed by atoms with E-state index in [1.807, 2.05) is 18.2 Å². The summed E-state index contributed by atoms with van der Waals surface area (Å²) in [5.74, 6) is 0.184. The van der Waals surface area contributed by atoms with Crippen LogP contribution in [-0.2, 0) is 14.8 Å². The van der Waals surface area contributed by atoms with Gasteiger partial charge < -0.3 is 10.3 Å². The molecule has 0 aliphatic carbocycles. The molecule has 0 bridgehead atoms. The third-order valence-electron chi connectivity index (χ3n) is 4.42. The maximum Gasteiger partial charge on any atom is 0.252 e. The predicted molar refractivity (Wildman–Crippen MR) is 119 cm³/mol. The summed E-state index contributed by atoms with van der Waals surface area (Å²) in [5, 5.41) is 4.99. The van der Waals surface area contributed by atoms with Crippen molar-refractivity contribution in [1.29, 1.82) is 0 Å². The van der Waals surface area contributed by atoms with Crippen molar-refractivity contribution < 1.29 is 13.2 Å². The molecule has 7 nitrogen and oxygen atoms in total. The molecule has 154 valence electrons. The minimum atomic E-state index is -3.69. The van der Waals surface area contributed by atoms with Crippen LogP contribution in [0.3, 0.4) is 0 Å². The Balaban J connectivity index is 1.50. The summed E-state index contributed by atoms with van der Waals surface area (Å²) >= 11 is 7.35. The lowest BCUT2D eigenvalue weighted by Gasteiger charge is -2.15. The monoisotopic (exact) mass is 460 g/mol. The van der Waals surface area contributed by atoms with Crippen molar-refractivity contribution in [3.05, 3.63) is 65.0 Å². The highest BCUT2D eigenvalue weighted by Gasteiger charge is 2.23. The first-order chi connectivity index (χ1) is 14.3. The number of benzene rings is 2.